The molecule has 2 aromatic carbocycles. The Bertz CT molecular complexity index is 625. The van der Waals surface area contributed by atoms with Crippen molar-refractivity contribution in [2.45, 2.75) is 26.4 Å². The molecule has 0 saturated heterocycles. The number of aliphatic hydroxyl groups excluding tert-OH is 1. The number of carbonyl (C=O) groups is 1. The van der Waals surface area contributed by atoms with Crippen molar-refractivity contribution in [2.24, 2.45) is 0 Å². The van der Waals surface area contributed by atoms with Crippen molar-refractivity contribution in [1.82, 2.24) is 0 Å². The fourth-order valence-electron chi connectivity index (χ4n) is 2.04. The van der Waals surface area contributed by atoms with Crippen LogP contribution in [0, 0.1) is 0 Å². The van der Waals surface area contributed by atoms with E-state index in [1.807, 2.05) is 37.3 Å². The summed E-state index contributed by atoms with van der Waals surface area (Å²) in [5.41, 5.74) is 1.34. The predicted octanol–water partition coefficient (Wildman–Crippen LogP) is 3.88. The number of para-hydroxylation sites is 3. The number of hydrogen-bond donors (Lipinski definition) is 2. The van der Waals surface area contributed by atoms with Crippen LogP contribution in [0.15, 0.2) is 48.5 Å². The van der Waals surface area contributed by atoms with Crippen LogP contribution in [0.2, 0.25) is 0 Å². The summed E-state index contributed by atoms with van der Waals surface area (Å²) >= 11 is 0. The maximum atomic E-state index is 11.2. The first-order chi connectivity index (χ1) is 10.1. The van der Waals surface area contributed by atoms with E-state index in [0.29, 0.717) is 23.6 Å². The van der Waals surface area contributed by atoms with Crippen LogP contribution in [0.5, 0.6) is 11.5 Å². The third-order valence-electron chi connectivity index (χ3n) is 3.08. The minimum absolute atomic E-state index is 0.159. The van der Waals surface area contributed by atoms with E-state index in [0.717, 1.165) is 5.56 Å². The van der Waals surface area contributed by atoms with Gasteiger partial charge in [-0.2, -0.15) is 0 Å². The highest BCUT2D eigenvalue weighted by Gasteiger charge is 2.13. The number of aliphatic hydroxyl groups is 1. The number of nitrogens with one attached hydrogen (secondary N) is 1. The van der Waals surface area contributed by atoms with Gasteiger partial charge in [0.2, 0.25) is 5.91 Å². The Hall–Kier alpha value is -2.33. The average molecular weight is 285 g/mol. The van der Waals surface area contributed by atoms with E-state index in [1.165, 1.54) is 6.92 Å². The molecule has 2 N–H and O–H groups in total. The van der Waals surface area contributed by atoms with Gasteiger partial charge in [-0.15, -0.1) is 0 Å². The van der Waals surface area contributed by atoms with E-state index in [9.17, 15) is 9.90 Å². The largest absolute Gasteiger partial charge is 0.455 e. The van der Waals surface area contributed by atoms with E-state index >= 15 is 0 Å². The molecular weight excluding hydrogens is 266 g/mol. The molecule has 0 aliphatic heterocycles. The van der Waals surface area contributed by atoms with Gasteiger partial charge >= 0.3 is 0 Å². The molecular formula is C17H19NO3. The highest BCUT2D eigenvalue weighted by atomic mass is 16.5. The Morgan fingerprint density at radius 3 is 2.43 bits per heavy atom. The van der Waals surface area contributed by atoms with Gasteiger partial charge in [-0.25, -0.2) is 0 Å². The Balaban J connectivity index is 2.33. The molecule has 1 amide bonds. The van der Waals surface area contributed by atoms with Crippen molar-refractivity contribution in [3.05, 3.63) is 54.1 Å². The molecule has 110 valence electrons. The minimum Gasteiger partial charge on any atom is -0.455 e. The molecule has 0 unspecified atom stereocenters. The second kappa shape index (κ2) is 6.90. The summed E-state index contributed by atoms with van der Waals surface area (Å²) in [5, 5.41) is 12.8. The number of benzene rings is 2. The van der Waals surface area contributed by atoms with Crippen LogP contribution in [0.3, 0.4) is 0 Å². The van der Waals surface area contributed by atoms with E-state index in [1.54, 1.807) is 18.2 Å². The van der Waals surface area contributed by atoms with Crippen molar-refractivity contribution in [1.29, 1.82) is 0 Å². The van der Waals surface area contributed by atoms with Gasteiger partial charge in [0.1, 0.15) is 5.75 Å². The van der Waals surface area contributed by atoms with Crippen molar-refractivity contribution in [3.8, 4) is 11.5 Å². The monoisotopic (exact) mass is 285 g/mol. The van der Waals surface area contributed by atoms with Crippen LogP contribution < -0.4 is 10.1 Å². The zero-order valence-corrected chi connectivity index (χ0v) is 12.2. The first-order valence-electron chi connectivity index (χ1n) is 6.93. The predicted molar refractivity (Wildman–Crippen MR) is 82.5 cm³/mol. The minimum atomic E-state index is -0.575. The van der Waals surface area contributed by atoms with Crippen LogP contribution in [0.1, 0.15) is 31.9 Å². The van der Waals surface area contributed by atoms with E-state index in [4.69, 9.17) is 4.74 Å². The third kappa shape index (κ3) is 3.83. The summed E-state index contributed by atoms with van der Waals surface area (Å²) in [6.07, 6.45) is 0.0300. The van der Waals surface area contributed by atoms with Crippen LogP contribution in [-0.4, -0.2) is 11.0 Å². The van der Waals surface area contributed by atoms with Crippen molar-refractivity contribution in [2.75, 3.05) is 5.32 Å². The number of ether oxygens (including phenoxy) is 1. The number of rotatable bonds is 5. The van der Waals surface area contributed by atoms with Gasteiger partial charge in [0, 0.05) is 12.5 Å². The molecule has 2 aromatic rings. The number of hydrogen-bond acceptors (Lipinski definition) is 3. The van der Waals surface area contributed by atoms with Crippen LogP contribution >= 0.6 is 0 Å². The summed E-state index contributed by atoms with van der Waals surface area (Å²) < 4.78 is 5.89. The van der Waals surface area contributed by atoms with Gasteiger partial charge in [-0.3, -0.25) is 4.79 Å². The zero-order chi connectivity index (χ0) is 15.2. The molecule has 0 saturated carbocycles. The summed E-state index contributed by atoms with van der Waals surface area (Å²) in [5.74, 6) is 0.973. The molecule has 21 heavy (non-hydrogen) atoms. The number of carbonyl (C=O) groups excluding carboxylic acids is 1. The molecule has 4 nitrogen and oxygen atoms in total. The first kappa shape index (κ1) is 15.1. The second-order valence-electron chi connectivity index (χ2n) is 4.74. The molecule has 0 bridgehead atoms. The van der Waals surface area contributed by atoms with Gasteiger partial charge in [0.15, 0.2) is 5.75 Å². The van der Waals surface area contributed by atoms with Crippen molar-refractivity contribution >= 4 is 11.6 Å². The van der Waals surface area contributed by atoms with Gasteiger partial charge in [-0.05, 0) is 24.6 Å². The fraction of sp³-hybridized carbons (Fsp3) is 0.235. The lowest BCUT2D eigenvalue weighted by molar-refractivity contribution is -0.114. The highest BCUT2D eigenvalue weighted by Crippen LogP contribution is 2.34. The summed E-state index contributed by atoms with van der Waals surface area (Å²) in [4.78, 5) is 11.2. The van der Waals surface area contributed by atoms with Gasteiger partial charge in [0.25, 0.3) is 0 Å². The van der Waals surface area contributed by atoms with Crippen LogP contribution in [0.4, 0.5) is 5.69 Å². The Morgan fingerprint density at radius 1 is 1.14 bits per heavy atom. The smallest absolute Gasteiger partial charge is 0.221 e. The summed E-state index contributed by atoms with van der Waals surface area (Å²) in [6.45, 7) is 3.36. The lowest BCUT2D eigenvalue weighted by Gasteiger charge is -2.16. The quantitative estimate of drug-likeness (QED) is 0.876. The number of amides is 1. The van der Waals surface area contributed by atoms with Gasteiger partial charge in [0.05, 0.1) is 11.8 Å². The molecule has 0 fully saturated rings. The molecule has 1 atom stereocenters. The summed E-state index contributed by atoms with van der Waals surface area (Å²) in [7, 11) is 0. The van der Waals surface area contributed by atoms with E-state index in [2.05, 4.69) is 5.32 Å². The molecule has 4 heteroatoms. The fourth-order valence-corrected chi connectivity index (χ4v) is 2.04. The molecule has 0 aliphatic rings. The average Bonchev–Trinajstić information content (AvgIpc) is 2.48. The highest BCUT2D eigenvalue weighted by molar-refractivity contribution is 5.90. The topological polar surface area (TPSA) is 58.6 Å². The van der Waals surface area contributed by atoms with Crippen LogP contribution in [0.25, 0.3) is 0 Å². The molecule has 0 aliphatic carbocycles. The molecule has 0 aromatic heterocycles. The third-order valence-corrected chi connectivity index (χ3v) is 3.08. The summed E-state index contributed by atoms with van der Waals surface area (Å²) in [6, 6.07) is 14.6. The Morgan fingerprint density at radius 2 is 1.76 bits per heavy atom. The second-order valence-corrected chi connectivity index (χ2v) is 4.74. The first-order valence-corrected chi connectivity index (χ1v) is 6.93. The van der Waals surface area contributed by atoms with Gasteiger partial charge in [-0.1, -0.05) is 37.3 Å². The maximum Gasteiger partial charge on any atom is 0.221 e. The van der Waals surface area contributed by atoms with Crippen LogP contribution in [-0.2, 0) is 4.79 Å². The van der Waals surface area contributed by atoms with Crippen molar-refractivity contribution in [3.63, 3.8) is 0 Å². The lowest BCUT2D eigenvalue weighted by Crippen LogP contribution is -2.07. The van der Waals surface area contributed by atoms with Crippen molar-refractivity contribution < 1.29 is 14.6 Å². The Labute approximate surface area is 124 Å². The van der Waals surface area contributed by atoms with Gasteiger partial charge < -0.3 is 15.2 Å². The molecule has 0 spiro atoms. The molecule has 0 heterocycles. The Kier molecular flexibility index (Phi) is 4.95. The SMILES string of the molecule is CC[C@@H](O)c1ccccc1Oc1ccccc1NC(C)=O. The normalized spacial score (nSPS) is 11.8. The molecule has 0 radical (unpaired) electrons. The number of anilines is 1. The lowest BCUT2D eigenvalue weighted by atomic mass is 10.1. The molecule has 2 rings (SSSR count). The standard InChI is InChI=1S/C17H19NO3/c1-3-15(20)13-8-4-6-10-16(13)21-17-11-7-5-9-14(17)18-12(2)19/h4-11,15,20H,3H2,1-2H3,(H,18,19)/t15-/m1/s1. The van der Waals surface area contributed by atoms with E-state index < -0.39 is 6.10 Å². The zero-order valence-electron chi connectivity index (χ0n) is 12.2. The van der Waals surface area contributed by atoms with E-state index in [-0.39, 0.29) is 5.91 Å². The maximum absolute atomic E-state index is 11.2.